The number of carbonyl (C=O) groups excluding carboxylic acids is 2. The molecule has 2 aliphatic heterocycles. The van der Waals surface area contributed by atoms with Crippen molar-refractivity contribution in [2.75, 3.05) is 31.5 Å². The Labute approximate surface area is 215 Å². The third-order valence-corrected chi connectivity index (χ3v) is 6.90. The molecule has 0 aromatic heterocycles. The molecule has 0 bridgehead atoms. The minimum atomic E-state index is -0.689. The van der Waals surface area contributed by atoms with Gasteiger partial charge in [0.25, 0.3) is 0 Å². The topological polar surface area (TPSA) is 104 Å². The van der Waals surface area contributed by atoms with Crippen LogP contribution in [0.3, 0.4) is 0 Å². The molecule has 3 aliphatic rings. The second-order valence-corrected chi connectivity index (χ2v) is 11.0. The van der Waals surface area contributed by atoms with Gasteiger partial charge < -0.3 is 29.8 Å². The number of oxime groups is 1. The number of nitrogens with one attached hydrogen (secondary N) is 1. The van der Waals surface area contributed by atoms with Gasteiger partial charge in [0, 0.05) is 32.0 Å². The van der Waals surface area contributed by atoms with E-state index in [9.17, 15) is 23.5 Å². The summed E-state index contributed by atoms with van der Waals surface area (Å²) >= 11 is 0. The molecule has 11 heteroatoms. The Morgan fingerprint density at radius 3 is 2.27 bits per heavy atom. The summed E-state index contributed by atoms with van der Waals surface area (Å²) in [7, 11) is 0. The summed E-state index contributed by atoms with van der Waals surface area (Å²) in [5.41, 5.74) is 0.453. The van der Waals surface area contributed by atoms with E-state index in [2.05, 4.69) is 10.5 Å². The molecule has 1 aliphatic carbocycles. The lowest BCUT2D eigenvalue weighted by atomic mass is 9.83. The Morgan fingerprint density at radius 1 is 1.03 bits per heavy atom. The molecule has 1 aromatic carbocycles. The molecule has 2 N–H and O–H groups in total. The van der Waals surface area contributed by atoms with Crippen LogP contribution in [0.1, 0.15) is 70.8 Å². The summed E-state index contributed by atoms with van der Waals surface area (Å²) in [5.74, 6) is -1.40. The fraction of sp³-hybridized carbons (Fsp3) is 0.654. The number of rotatable bonds is 4. The van der Waals surface area contributed by atoms with Gasteiger partial charge in [-0.05, 0) is 64.0 Å². The minimum absolute atomic E-state index is 0.0715. The predicted molar refractivity (Wildman–Crippen MR) is 134 cm³/mol. The zero-order valence-corrected chi connectivity index (χ0v) is 21.6. The third-order valence-electron chi connectivity index (χ3n) is 6.90. The summed E-state index contributed by atoms with van der Waals surface area (Å²) in [4.78, 5) is 33.0. The highest BCUT2D eigenvalue weighted by Gasteiger charge is 2.31. The van der Waals surface area contributed by atoms with Crippen LogP contribution in [0.4, 0.5) is 24.1 Å². The SMILES string of the molecule is CC(C)(C)OC(=O)N1CCC(ON=C2CCC(c3cc(F)c(NC(=O)N4CC(O)C4)cc3F)CC2)CC1. The summed E-state index contributed by atoms with van der Waals surface area (Å²) in [5, 5.41) is 16.0. The normalized spacial score (nSPS) is 21.4. The lowest BCUT2D eigenvalue weighted by Gasteiger charge is -2.35. The smallest absolute Gasteiger partial charge is 0.410 e. The van der Waals surface area contributed by atoms with Gasteiger partial charge in [-0.15, -0.1) is 0 Å². The molecule has 1 aromatic rings. The van der Waals surface area contributed by atoms with E-state index in [1.54, 1.807) is 4.90 Å². The number of piperidine rings is 1. The van der Waals surface area contributed by atoms with Crippen molar-refractivity contribution in [3.63, 3.8) is 0 Å². The second kappa shape index (κ2) is 11.2. The van der Waals surface area contributed by atoms with Crippen LogP contribution in [0.15, 0.2) is 17.3 Å². The van der Waals surface area contributed by atoms with Gasteiger partial charge in [0.15, 0.2) is 0 Å². The van der Waals surface area contributed by atoms with Crippen LogP contribution in [0.5, 0.6) is 0 Å². The number of ether oxygens (including phenoxy) is 1. The zero-order chi connectivity index (χ0) is 26.7. The number of β-amino-alcohol motifs (C(OH)–C–C–N with tert-alkyl or cyclic N) is 1. The van der Waals surface area contributed by atoms with E-state index in [1.807, 2.05) is 20.8 Å². The molecule has 0 atom stereocenters. The summed E-state index contributed by atoms with van der Waals surface area (Å²) in [6.07, 6.45) is 2.87. The lowest BCUT2D eigenvalue weighted by molar-refractivity contribution is -0.0103. The monoisotopic (exact) mass is 522 g/mol. The second-order valence-electron chi connectivity index (χ2n) is 11.0. The fourth-order valence-electron chi connectivity index (χ4n) is 4.76. The van der Waals surface area contributed by atoms with Gasteiger partial charge >= 0.3 is 12.1 Å². The van der Waals surface area contributed by atoms with E-state index in [0.29, 0.717) is 57.2 Å². The molecular formula is C26H36F2N4O5. The van der Waals surface area contributed by atoms with Gasteiger partial charge in [0.1, 0.15) is 23.3 Å². The maximum Gasteiger partial charge on any atom is 0.410 e. The number of nitrogens with zero attached hydrogens (tertiary/aromatic N) is 3. The van der Waals surface area contributed by atoms with Crippen LogP contribution >= 0.6 is 0 Å². The van der Waals surface area contributed by atoms with E-state index in [0.717, 1.165) is 17.8 Å². The molecule has 4 rings (SSSR count). The number of aliphatic hydroxyl groups excluding tert-OH is 1. The number of halogens is 2. The van der Waals surface area contributed by atoms with E-state index in [4.69, 9.17) is 9.57 Å². The molecule has 3 fully saturated rings. The van der Waals surface area contributed by atoms with E-state index < -0.39 is 29.4 Å². The summed E-state index contributed by atoms with van der Waals surface area (Å²) in [6, 6.07) is 1.62. The molecule has 0 spiro atoms. The van der Waals surface area contributed by atoms with Gasteiger partial charge in [-0.3, -0.25) is 0 Å². The lowest BCUT2D eigenvalue weighted by Crippen LogP contribution is -2.54. The first-order valence-corrected chi connectivity index (χ1v) is 12.9. The minimum Gasteiger partial charge on any atom is -0.444 e. The summed E-state index contributed by atoms with van der Waals surface area (Å²) in [6.45, 7) is 6.97. The largest absolute Gasteiger partial charge is 0.444 e. The number of aliphatic hydroxyl groups is 1. The number of carbonyl (C=O) groups is 2. The highest BCUT2D eigenvalue weighted by atomic mass is 19.1. The number of hydrogen-bond donors (Lipinski definition) is 2. The maximum atomic E-state index is 14.8. The number of urea groups is 1. The van der Waals surface area contributed by atoms with Crippen molar-refractivity contribution < 1.29 is 33.1 Å². The average molecular weight is 523 g/mol. The van der Waals surface area contributed by atoms with Gasteiger partial charge in [-0.2, -0.15) is 0 Å². The first-order chi connectivity index (χ1) is 17.5. The van der Waals surface area contributed by atoms with Gasteiger partial charge in [-0.25, -0.2) is 18.4 Å². The first-order valence-electron chi connectivity index (χ1n) is 12.9. The molecule has 0 unspecified atom stereocenters. The Hall–Kier alpha value is -2.95. The van der Waals surface area contributed by atoms with Crippen LogP contribution in [0.2, 0.25) is 0 Å². The molecule has 1 saturated carbocycles. The third kappa shape index (κ3) is 7.09. The van der Waals surface area contributed by atoms with Crippen molar-refractivity contribution in [2.24, 2.45) is 5.16 Å². The Balaban J connectivity index is 1.24. The van der Waals surface area contributed by atoms with Crippen LogP contribution in [-0.2, 0) is 9.57 Å². The average Bonchev–Trinajstić information content (AvgIpc) is 2.82. The van der Waals surface area contributed by atoms with Crippen molar-refractivity contribution in [3.8, 4) is 0 Å². The van der Waals surface area contributed by atoms with Crippen molar-refractivity contribution in [3.05, 3.63) is 29.3 Å². The molecule has 204 valence electrons. The summed E-state index contributed by atoms with van der Waals surface area (Å²) < 4.78 is 34.9. The molecule has 37 heavy (non-hydrogen) atoms. The van der Waals surface area contributed by atoms with Crippen molar-refractivity contribution >= 4 is 23.5 Å². The van der Waals surface area contributed by atoms with Gasteiger partial charge in [0.05, 0.1) is 30.6 Å². The zero-order valence-electron chi connectivity index (χ0n) is 21.6. The highest BCUT2D eigenvalue weighted by Crippen LogP contribution is 2.35. The van der Waals surface area contributed by atoms with Crippen LogP contribution < -0.4 is 5.32 Å². The molecule has 0 radical (unpaired) electrons. The Kier molecular flexibility index (Phi) is 8.20. The molecule has 9 nitrogen and oxygen atoms in total. The van der Waals surface area contributed by atoms with Crippen molar-refractivity contribution in [1.29, 1.82) is 0 Å². The standard InChI is InChI=1S/C26H36F2N4O5/c1-26(2,3)36-25(35)31-10-8-19(9-11-31)37-30-17-6-4-16(5-7-17)20-12-22(28)23(13-21(20)27)29-24(34)32-14-18(33)15-32/h12-13,16,18-19,33H,4-11,14-15H2,1-3H3,(H,29,34). The Bertz CT molecular complexity index is 1020. The number of hydrogen-bond acceptors (Lipinski definition) is 6. The van der Waals surface area contributed by atoms with Gasteiger partial charge in [0.2, 0.25) is 0 Å². The molecule has 3 amide bonds. The number of amides is 3. The molecule has 2 heterocycles. The van der Waals surface area contributed by atoms with E-state index >= 15 is 0 Å². The fourth-order valence-corrected chi connectivity index (χ4v) is 4.76. The quantitative estimate of drug-likeness (QED) is 0.563. The number of likely N-dealkylation sites (tertiary alicyclic amines) is 2. The van der Waals surface area contributed by atoms with Crippen LogP contribution in [-0.4, -0.2) is 76.7 Å². The maximum absolute atomic E-state index is 14.8. The molecule has 2 saturated heterocycles. The number of benzene rings is 1. The van der Waals surface area contributed by atoms with Crippen molar-refractivity contribution in [1.82, 2.24) is 9.80 Å². The van der Waals surface area contributed by atoms with Crippen LogP contribution in [0.25, 0.3) is 0 Å². The van der Waals surface area contributed by atoms with Crippen molar-refractivity contribution in [2.45, 2.75) is 83.0 Å². The van der Waals surface area contributed by atoms with Crippen LogP contribution in [0, 0.1) is 11.6 Å². The Morgan fingerprint density at radius 2 is 1.68 bits per heavy atom. The molecular weight excluding hydrogens is 486 g/mol. The highest BCUT2D eigenvalue weighted by molar-refractivity contribution is 5.90. The first kappa shape index (κ1) is 27.1. The predicted octanol–water partition coefficient (Wildman–Crippen LogP) is 4.60. The van der Waals surface area contributed by atoms with E-state index in [-0.39, 0.29) is 36.9 Å². The van der Waals surface area contributed by atoms with E-state index in [1.165, 1.54) is 4.90 Å². The number of anilines is 1. The van der Waals surface area contributed by atoms with Gasteiger partial charge in [-0.1, -0.05) is 5.16 Å².